The standard InChI is InChI=1S/C26H43N7O/c1-2-3-4-5-7-10-21-13-15-22(16-14-21)25(34)30-17-18-33(29)20-23(27)11-8-6-9-12-24-19-31-26(28)32-24/h13-16,19-20H,2-12,17-18,27,29H2,1H3,(H,30,34)(H3,28,31,32)/b23-20-. The van der Waals surface area contributed by atoms with E-state index in [4.69, 9.17) is 17.3 Å². The van der Waals surface area contributed by atoms with Gasteiger partial charge in [0.15, 0.2) is 5.95 Å². The van der Waals surface area contributed by atoms with E-state index < -0.39 is 0 Å². The van der Waals surface area contributed by atoms with Crippen LogP contribution in [0.1, 0.15) is 86.3 Å². The highest BCUT2D eigenvalue weighted by Gasteiger charge is 2.06. The number of allylic oxidation sites excluding steroid dienone is 1. The summed E-state index contributed by atoms with van der Waals surface area (Å²) in [5.74, 6) is 6.38. The predicted molar refractivity (Wildman–Crippen MR) is 140 cm³/mol. The number of benzene rings is 1. The topological polar surface area (TPSA) is 139 Å². The number of aryl methyl sites for hydroxylation is 2. The number of aromatic nitrogens is 2. The van der Waals surface area contributed by atoms with E-state index in [1.54, 1.807) is 12.4 Å². The van der Waals surface area contributed by atoms with Gasteiger partial charge < -0.3 is 26.8 Å². The second-order valence-electron chi connectivity index (χ2n) is 8.91. The van der Waals surface area contributed by atoms with Gasteiger partial charge in [-0.05, 0) is 56.2 Å². The summed E-state index contributed by atoms with van der Waals surface area (Å²) < 4.78 is 0. The zero-order valence-corrected chi connectivity index (χ0v) is 20.7. The first kappa shape index (κ1) is 27.2. The quantitative estimate of drug-likeness (QED) is 0.135. The minimum Gasteiger partial charge on any atom is -0.401 e. The van der Waals surface area contributed by atoms with Gasteiger partial charge >= 0.3 is 0 Å². The molecule has 0 saturated carbocycles. The summed E-state index contributed by atoms with van der Waals surface area (Å²) in [4.78, 5) is 19.4. The van der Waals surface area contributed by atoms with Gasteiger partial charge in [0.05, 0.1) is 12.7 Å². The summed E-state index contributed by atoms with van der Waals surface area (Å²) in [6, 6.07) is 7.90. The number of hydrogen-bond donors (Lipinski definition) is 5. The van der Waals surface area contributed by atoms with Crippen molar-refractivity contribution in [2.24, 2.45) is 11.6 Å². The molecule has 8 nitrogen and oxygen atoms in total. The number of nitrogens with one attached hydrogen (secondary N) is 2. The molecule has 0 unspecified atom stereocenters. The normalized spacial score (nSPS) is 11.5. The van der Waals surface area contributed by atoms with Crippen molar-refractivity contribution in [3.05, 3.63) is 59.2 Å². The Kier molecular flexibility index (Phi) is 12.6. The number of hydrogen-bond acceptors (Lipinski definition) is 6. The molecule has 1 aromatic carbocycles. The summed E-state index contributed by atoms with van der Waals surface area (Å²) in [5.41, 5.74) is 15.4. The molecule has 0 aliphatic rings. The molecule has 1 heterocycles. The highest BCUT2D eigenvalue weighted by Crippen LogP contribution is 2.11. The number of nitrogens with zero attached hydrogens (tertiary/aromatic N) is 2. The van der Waals surface area contributed by atoms with Crippen LogP contribution in [0.2, 0.25) is 0 Å². The molecule has 2 rings (SSSR count). The van der Waals surface area contributed by atoms with Crippen molar-refractivity contribution in [3.8, 4) is 0 Å². The van der Waals surface area contributed by atoms with E-state index in [9.17, 15) is 4.79 Å². The Balaban J connectivity index is 1.57. The van der Waals surface area contributed by atoms with Gasteiger partial charge in [-0.15, -0.1) is 0 Å². The molecule has 0 fully saturated rings. The number of nitrogen functional groups attached to an aromatic ring is 1. The first-order valence-corrected chi connectivity index (χ1v) is 12.6. The van der Waals surface area contributed by atoms with Gasteiger partial charge in [0.2, 0.25) is 0 Å². The molecule has 0 atom stereocenters. The van der Waals surface area contributed by atoms with Crippen LogP contribution in [-0.2, 0) is 12.8 Å². The summed E-state index contributed by atoms with van der Waals surface area (Å²) in [7, 11) is 0. The largest absolute Gasteiger partial charge is 0.401 e. The van der Waals surface area contributed by atoms with Crippen LogP contribution in [0.25, 0.3) is 0 Å². The number of carbonyl (C=O) groups excluding carboxylic acids is 1. The van der Waals surface area contributed by atoms with Crippen molar-refractivity contribution in [2.75, 3.05) is 18.8 Å². The Bertz CT molecular complexity index is 860. The SMILES string of the molecule is CCCCCCCc1ccc(C(=O)NCCN(N)/C=C(\N)CCCCCc2cnc(N)[nH]2)cc1. The van der Waals surface area contributed by atoms with Crippen LogP contribution in [0.4, 0.5) is 5.95 Å². The maximum Gasteiger partial charge on any atom is 0.251 e. The monoisotopic (exact) mass is 469 g/mol. The number of nitrogens with two attached hydrogens (primary N) is 3. The number of H-pyrrole nitrogens is 1. The summed E-state index contributed by atoms with van der Waals surface area (Å²) >= 11 is 0. The molecule has 2 aromatic rings. The molecule has 0 bridgehead atoms. The lowest BCUT2D eigenvalue weighted by molar-refractivity contribution is 0.0951. The van der Waals surface area contributed by atoms with Crippen LogP contribution >= 0.6 is 0 Å². The smallest absolute Gasteiger partial charge is 0.251 e. The van der Waals surface area contributed by atoms with Crippen molar-refractivity contribution in [3.63, 3.8) is 0 Å². The fourth-order valence-electron chi connectivity index (χ4n) is 3.82. The summed E-state index contributed by atoms with van der Waals surface area (Å²) in [6.45, 7) is 3.17. The number of unbranched alkanes of at least 4 members (excludes halogenated alkanes) is 6. The predicted octanol–water partition coefficient (Wildman–Crippen LogP) is 4.01. The lowest BCUT2D eigenvalue weighted by Crippen LogP contribution is -2.36. The third-order valence-corrected chi connectivity index (χ3v) is 5.83. The fraction of sp³-hybridized carbons (Fsp3) is 0.538. The van der Waals surface area contributed by atoms with E-state index in [1.165, 1.54) is 42.7 Å². The van der Waals surface area contributed by atoms with Crippen molar-refractivity contribution < 1.29 is 4.79 Å². The minimum atomic E-state index is -0.0844. The van der Waals surface area contributed by atoms with Gasteiger partial charge in [-0.1, -0.05) is 51.2 Å². The van der Waals surface area contributed by atoms with Crippen molar-refractivity contribution in [1.82, 2.24) is 20.3 Å². The Morgan fingerprint density at radius 1 is 1.06 bits per heavy atom. The van der Waals surface area contributed by atoms with Crippen molar-refractivity contribution >= 4 is 11.9 Å². The van der Waals surface area contributed by atoms with Crippen LogP contribution in [0.5, 0.6) is 0 Å². The molecule has 188 valence electrons. The third kappa shape index (κ3) is 11.2. The Labute approximate surface area is 204 Å². The van der Waals surface area contributed by atoms with Crippen LogP contribution in [0.15, 0.2) is 42.4 Å². The lowest BCUT2D eigenvalue weighted by atomic mass is 10.0. The van der Waals surface area contributed by atoms with Gasteiger partial charge in [0.1, 0.15) is 0 Å². The van der Waals surface area contributed by atoms with Crippen LogP contribution in [0.3, 0.4) is 0 Å². The van der Waals surface area contributed by atoms with Gasteiger partial charge in [-0.2, -0.15) is 0 Å². The molecule has 0 saturated heterocycles. The minimum absolute atomic E-state index is 0.0844. The van der Waals surface area contributed by atoms with E-state index in [2.05, 4.69) is 34.3 Å². The zero-order valence-electron chi connectivity index (χ0n) is 20.7. The van der Waals surface area contributed by atoms with E-state index in [0.29, 0.717) is 24.6 Å². The number of amides is 1. The fourth-order valence-corrected chi connectivity index (χ4v) is 3.82. The first-order chi connectivity index (χ1) is 16.5. The second kappa shape index (κ2) is 15.8. The van der Waals surface area contributed by atoms with Gasteiger partial charge in [0, 0.05) is 29.7 Å². The van der Waals surface area contributed by atoms with Crippen molar-refractivity contribution in [1.29, 1.82) is 0 Å². The Hall–Kier alpha value is -3.00. The molecule has 0 aliphatic carbocycles. The molecular weight excluding hydrogens is 426 g/mol. The molecule has 0 radical (unpaired) electrons. The van der Waals surface area contributed by atoms with Gasteiger partial charge in [0.25, 0.3) is 5.91 Å². The maximum absolute atomic E-state index is 12.4. The average molecular weight is 470 g/mol. The summed E-state index contributed by atoms with van der Waals surface area (Å²) in [5, 5.41) is 4.45. The number of rotatable bonds is 17. The van der Waals surface area contributed by atoms with Gasteiger partial charge in [-0.3, -0.25) is 4.79 Å². The first-order valence-electron chi connectivity index (χ1n) is 12.6. The Morgan fingerprint density at radius 3 is 2.47 bits per heavy atom. The molecule has 8 heteroatoms. The molecule has 1 amide bonds. The van der Waals surface area contributed by atoms with Gasteiger partial charge in [-0.25, -0.2) is 10.8 Å². The maximum atomic E-state index is 12.4. The number of carbonyl (C=O) groups is 1. The number of aromatic amines is 1. The third-order valence-electron chi connectivity index (χ3n) is 5.83. The number of anilines is 1. The lowest BCUT2D eigenvalue weighted by Gasteiger charge is -2.15. The second-order valence-corrected chi connectivity index (χ2v) is 8.91. The number of imidazole rings is 1. The molecule has 0 aliphatic heterocycles. The van der Waals surface area contributed by atoms with Crippen LogP contribution < -0.4 is 22.6 Å². The average Bonchev–Trinajstić information content (AvgIpc) is 3.24. The highest BCUT2D eigenvalue weighted by atomic mass is 16.1. The zero-order chi connectivity index (χ0) is 24.6. The van der Waals surface area contributed by atoms with Crippen molar-refractivity contribution in [2.45, 2.75) is 77.6 Å². The Morgan fingerprint density at radius 2 is 1.76 bits per heavy atom. The number of hydrazine groups is 1. The van der Waals surface area contributed by atoms with E-state index in [1.807, 2.05) is 12.1 Å². The molecule has 1 aromatic heterocycles. The molecule has 34 heavy (non-hydrogen) atoms. The summed E-state index contributed by atoms with van der Waals surface area (Å²) in [6.07, 6.45) is 15.8. The van der Waals surface area contributed by atoms with Crippen LogP contribution in [0, 0.1) is 0 Å². The highest BCUT2D eigenvalue weighted by molar-refractivity contribution is 5.94. The van der Waals surface area contributed by atoms with E-state index in [-0.39, 0.29) is 5.91 Å². The van der Waals surface area contributed by atoms with E-state index >= 15 is 0 Å². The molecular formula is C26H43N7O. The van der Waals surface area contributed by atoms with E-state index in [0.717, 1.165) is 49.9 Å². The molecule has 8 N–H and O–H groups in total. The van der Waals surface area contributed by atoms with Crippen LogP contribution in [-0.4, -0.2) is 34.0 Å². The molecule has 0 spiro atoms.